The number of rotatable bonds is 7. The first-order chi connectivity index (χ1) is 41.6. The van der Waals surface area contributed by atoms with Gasteiger partial charge in [-0.2, -0.15) is 0 Å². The summed E-state index contributed by atoms with van der Waals surface area (Å²) in [5.41, 5.74) is 25.3. The van der Waals surface area contributed by atoms with Crippen molar-refractivity contribution in [1.82, 2.24) is 19.5 Å². The zero-order valence-electron chi connectivity index (χ0n) is 52.5. The van der Waals surface area contributed by atoms with Crippen molar-refractivity contribution in [3.8, 4) is 51.0 Å². The molecule has 0 atom stereocenters. The van der Waals surface area contributed by atoms with E-state index in [4.69, 9.17) is 15.0 Å². The Hall–Kier alpha value is -9.33. The smallest absolute Gasteiger partial charge is 0.252 e. The van der Waals surface area contributed by atoms with Gasteiger partial charge in [0.05, 0.1) is 16.7 Å². The fourth-order valence-corrected chi connectivity index (χ4v) is 13.2. The largest absolute Gasteiger partial charge is 0.311 e. The molecule has 0 fully saturated rings. The van der Waals surface area contributed by atoms with Crippen LogP contribution >= 0.6 is 0 Å². The SMILES string of the molecule is Cc1ccc(-c2nc(-c3ccccc3)nc(-c3ccccc3)n2)c(-n2c3ccccc3c3cc(-c4cc5c6c(c4)N(c4cc(C(C)(C)C)cc(C(C)(C)C)c4)c4ccccc4B6c4ccccc4N5c4cc(C(C)(C)C)cc(C(C)(C)C)c4)ccc32)c1. The van der Waals surface area contributed by atoms with E-state index in [1.165, 1.54) is 78.2 Å². The standard InChI is InChI=1S/C80H75BN6/c1-50-36-38-62(76-83-74(51-26-16-14-17-27-51)82-75(84-76)52-28-18-15-19-29-52)70(40-50)87-66-33-23-20-30-61(66)63-41-53(37-39-67(63)87)54-42-71-73-72(43-54)86(60-48-57(79(8,9)10)45-58(49-60)80(11,12)13)69-35-25-22-32-65(69)81(73)64-31-21-24-34-68(64)85(71)59-46-55(77(2,3)4)44-56(47-59)78(5,6)7/h14-49H,1-13H3. The third kappa shape index (κ3) is 9.73. The van der Waals surface area contributed by atoms with Gasteiger partial charge in [-0.15, -0.1) is 0 Å². The van der Waals surface area contributed by atoms with Crippen molar-refractivity contribution in [2.24, 2.45) is 0 Å². The highest BCUT2D eigenvalue weighted by molar-refractivity contribution is 7.00. The van der Waals surface area contributed by atoms with Gasteiger partial charge in [0.2, 0.25) is 0 Å². The van der Waals surface area contributed by atoms with Crippen molar-refractivity contribution < 1.29 is 0 Å². The van der Waals surface area contributed by atoms with Gasteiger partial charge in [0.15, 0.2) is 17.5 Å². The van der Waals surface area contributed by atoms with Crippen LogP contribution in [0, 0.1) is 6.92 Å². The number of hydrogen-bond donors (Lipinski definition) is 0. The Kier molecular flexibility index (Phi) is 13.0. The summed E-state index contributed by atoms with van der Waals surface area (Å²) in [6.07, 6.45) is 0. The first kappa shape index (κ1) is 55.5. The summed E-state index contributed by atoms with van der Waals surface area (Å²) in [7, 11) is 0. The van der Waals surface area contributed by atoms with Crippen LogP contribution in [0.3, 0.4) is 0 Å². The molecule has 0 aliphatic carbocycles. The molecule has 10 aromatic carbocycles. The van der Waals surface area contributed by atoms with Gasteiger partial charge in [-0.1, -0.05) is 223 Å². The van der Waals surface area contributed by atoms with Crippen molar-refractivity contribution in [2.75, 3.05) is 9.80 Å². The minimum atomic E-state index is -0.0942. The van der Waals surface area contributed by atoms with Crippen LogP contribution in [0.1, 0.15) is 111 Å². The maximum Gasteiger partial charge on any atom is 0.252 e. The molecule has 2 aromatic heterocycles. The molecule has 12 aromatic rings. The molecule has 0 saturated heterocycles. The molecule has 14 rings (SSSR count). The van der Waals surface area contributed by atoms with Gasteiger partial charge in [-0.3, -0.25) is 0 Å². The van der Waals surface area contributed by atoms with E-state index in [-0.39, 0.29) is 28.4 Å². The molecule has 0 spiro atoms. The average Bonchev–Trinajstić information content (AvgIpc) is 1.06. The summed E-state index contributed by atoms with van der Waals surface area (Å²) >= 11 is 0. The van der Waals surface area contributed by atoms with Crippen LogP contribution in [-0.2, 0) is 21.7 Å². The second kappa shape index (κ2) is 20.4. The molecule has 0 saturated carbocycles. The Morgan fingerprint density at radius 1 is 0.322 bits per heavy atom. The lowest BCUT2D eigenvalue weighted by Gasteiger charge is -2.45. The van der Waals surface area contributed by atoms with E-state index < -0.39 is 0 Å². The topological polar surface area (TPSA) is 50.1 Å². The van der Waals surface area contributed by atoms with Crippen molar-refractivity contribution in [3.63, 3.8) is 0 Å². The summed E-state index contributed by atoms with van der Waals surface area (Å²) in [5.74, 6) is 1.88. The van der Waals surface area contributed by atoms with Crippen molar-refractivity contribution in [2.45, 2.75) is 112 Å². The van der Waals surface area contributed by atoms with Gasteiger partial charge < -0.3 is 14.4 Å². The minimum absolute atomic E-state index is 0.0226. The molecular weight excluding hydrogens is 1060 g/mol. The maximum absolute atomic E-state index is 5.28. The van der Waals surface area contributed by atoms with Gasteiger partial charge in [0.25, 0.3) is 6.71 Å². The Balaban J connectivity index is 1.04. The Labute approximate surface area is 514 Å². The highest BCUT2D eigenvalue weighted by Crippen LogP contribution is 2.49. The minimum Gasteiger partial charge on any atom is -0.311 e. The Morgan fingerprint density at radius 2 is 0.759 bits per heavy atom. The molecule has 0 radical (unpaired) electrons. The van der Waals surface area contributed by atoms with Crippen molar-refractivity contribution in [3.05, 3.63) is 246 Å². The second-order valence-electron chi connectivity index (χ2n) is 28.3. The third-order valence-electron chi connectivity index (χ3n) is 18.0. The second-order valence-corrected chi connectivity index (χ2v) is 28.3. The number of hydrogen-bond acceptors (Lipinski definition) is 5. The lowest BCUT2D eigenvalue weighted by atomic mass is 9.33. The number of aromatic nitrogens is 4. The molecule has 2 aliphatic heterocycles. The predicted octanol–water partition coefficient (Wildman–Crippen LogP) is 19.2. The highest BCUT2D eigenvalue weighted by atomic mass is 15.2. The normalized spacial score (nSPS) is 13.3. The highest BCUT2D eigenvalue weighted by Gasteiger charge is 2.44. The van der Waals surface area contributed by atoms with Crippen LogP contribution in [-0.4, -0.2) is 26.2 Å². The van der Waals surface area contributed by atoms with Crippen molar-refractivity contribution in [1.29, 1.82) is 0 Å². The molecule has 0 bridgehead atoms. The van der Waals surface area contributed by atoms with E-state index >= 15 is 0 Å². The van der Waals surface area contributed by atoms with Crippen LogP contribution in [0.2, 0.25) is 0 Å². The molecule has 7 heteroatoms. The first-order valence-corrected chi connectivity index (χ1v) is 30.9. The lowest BCUT2D eigenvalue weighted by molar-refractivity contribution is 0.568. The monoisotopic (exact) mass is 1130 g/mol. The van der Waals surface area contributed by atoms with Crippen molar-refractivity contribution >= 4 is 79.0 Å². The van der Waals surface area contributed by atoms with Gasteiger partial charge in [-0.25, -0.2) is 15.0 Å². The summed E-state index contributed by atoms with van der Waals surface area (Å²) in [5, 5.41) is 2.33. The van der Waals surface area contributed by atoms with Crippen LogP contribution in [0.15, 0.2) is 218 Å². The fraction of sp³-hybridized carbons (Fsp3) is 0.212. The van der Waals surface area contributed by atoms with E-state index in [2.05, 4.69) is 286 Å². The number of benzene rings is 10. The van der Waals surface area contributed by atoms with E-state index in [0.717, 1.165) is 55.5 Å². The number of aryl methyl sites for hydroxylation is 1. The van der Waals surface area contributed by atoms with Crippen LogP contribution < -0.4 is 26.2 Å². The summed E-state index contributed by atoms with van der Waals surface area (Å²) in [6.45, 7) is 30.3. The lowest BCUT2D eigenvalue weighted by Crippen LogP contribution is -2.61. The van der Waals surface area contributed by atoms with E-state index in [1.54, 1.807) is 0 Å². The maximum atomic E-state index is 5.28. The van der Waals surface area contributed by atoms with Gasteiger partial charge in [0.1, 0.15) is 0 Å². The first-order valence-electron chi connectivity index (χ1n) is 30.9. The summed E-state index contributed by atoms with van der Waals surface area (Å²) in [4.78, 5) is 20.9. The zero-order chi connectivity index (χ0) is 60.5. The molecular formula is C80H75BN6. The zero-order valence-corrected chi connectivity index (χ0v) is 52.5. The van der Waals surface area contributed by atoms with Gasteiger partial charge >= 0.3 is 0 Å². The van der Waals surface area contributed by atoms with E-state index in [0.29, 0.717) is 17.5 Å². The quantitative estimate of drug-likeness (QED) is 0.149. The van der Waals surface area contributed by atoms with Crippen LogP contribution in [0.4, 0.5) is 34.1 Å². The molecule has 87 heavy (non-hydrogen) atoms. The number of para-hydroxylation sites is 3. The van der Waals surface area contributed by atoms with Crippen LogP contribution in [0.25, 0.3) is 72.8 Å². The van der Waals surface area contributed by atoms with E-state index in [1.807, 2.05) is 36.4 Å². The Bertz CT molecular complexity index is 4430. The fourth-order valence-electron chi connectivity index (χ4n) is 13.2. The summed E-state index contributed by atoms with van der Waals surface area (Å²) < 4.78 is 2.42. The van der Waals surface area contributed by atoms with Gasteiger partial charge in [0, 0.05) is 61.6 Å². The number of fused-ring (bicyclic) bond motifs is 7. The average molecular weight is 1130 g/mol. The molecule has 6 nitrogen and oxygen atoms in total. The molecule has 0 unspecified atom stereocenters. The molecule has 4 heterocycles. The number of nitrogens with zero attached hydrogens (tertiary/aromatic N) is 6. The predicted molar refractivity (Wildman–Crippen MR) is 369 cm³/mol. The molecule has 2 aliphatic rings. The Morgan fingerprint density at radius 3 is 1.25 bits per heavy atom. The van der Waals surface area contributed by atoms with Gasteiger partial charge in [-0.05, 0) is 163 Å². The molecule has 0 amide bonds. The third-order valence-corrected chi connectivity index (χ3v) is 18.0. The molecule has 0 N–H and O–H groups in total. The van der Waals surface area contributed by atoms with Crippen LogP contribution in [0.5, 0.6) is 0 Å². The van der Waals surface area contributed by atoms with E-state index in [9.17, 15) is 0 Å². The number of anilines is 6. The molecule has 428 valence electrons. The summed E-state index contributed by atoms with van der Waals surface area (Å²) in [6, 6.07) is 81.2.